The fourth-order valence-corrected chi connectivity index (χ4v) is 6.66. The van der Waals surface area contributed by atoms with Crippen molar-refractivity contribution >= 4 is 43.2 Å². The maximum atomic E-state index is 13.7. The number of esters is 2. The molecule has 1 aliphatic carbocycles. The van der Waals surface area contributed by atoms with Crippen molar-refractivity contribution < 1.29 is 45.5 Å². The Bertz CT molecular complexity index is 1480. The molecule has 0 saturated heterocycles. The summed E-state index contributed by atoms with van der Waals surface area (Å²) in [6.45, 7) is 5.45. The van der Waals surface area contributed by atoms with Gasteiger partial charge in [-0.25, -0.2) is 26.4 Å². The molecule has 0 amide bonds. The predicted molar refractivity (Wildman–Crippen MR) is 134 cm³/mol. The maximum Gasteiger partial charge on any atom is 0.343 e. The number of Topliss-reactive ketones (excluding diaryl/α,β-unsaturated/α-hetero) is 2. The molecule has 1 aliphatic rings. The molecule has 2 aromatic rings. The van der Waals surface area contributed by atoms with Crippen LogP contribution in [-0.4, -0.2) is 53.6 Å². The highest BCUT2D eigenvalue weighted by Gasteiger charge is 2.50. The molecule has 10 nitrogen and oxygen atoms in total. The largest absolute Gasteiger partial charge is 0.462 e. The highest BCUT2D eigenvalue weighted by Crippen LogP contribution is 2.37. The number of allylic oxidation sites excluding steroid dienone is 2. The van der Waals surface area contributed by atoms with Crippen molar-refractivity contribution in [2.45, 2.75) is 37.5 Å². The smallest absolute Gasteiger partial charge is 0.343 e. The number of carbonyl (C=O) groups is 4. The Balaban J connectivity index is 2.43. The summed E-state index contributed by atoms with van der Waals surface area (Å²) in [6.07, 6.45) is 0. The molecule has 12 heteroatoms. The minimum absolute atomic E-state index is 0.323. The van der Waals surface area contributed by atoms with E-state index in [9.17, 15) is 36.0 Å². The van der Waals surface area contributed by atoms with Crippen LogP contribution in [0.25, 0.3) is 0 Å². The Labute approximate surface area is 219 Å². The first-order valence-electron chi connectivity index (χ1n) is 11.3. The van der Waals surface area contributed by atoms with Crippen LogP contribution < -0.4 is 0 Å². The van der Waals surface area contributed by atoms with Gasteiger partial charge < -0.3 is 9.47 Å². The minimum atomic E-state index is -4.92. The van der Waals surface area contributed by atoms with Crippen LogP contribution in [0.5, 0.6) is 0 Å². The molecular weight excluding hydrogens is 536 g/mol. The molecule has 0 spiro atoms. The normalized spacial score (nSPS) is 14.5. The van der Waals surface area contributed by atoms with E-state index in [0.717, 1.165) is 24.3 Å². The quantitative estimate of drug-likeness (QED) is 0.267. The second-order valence-corrected chi connectivity index (χ2v) is 11.9. The molecule has 0 atom stereocenters. The second-order valence-electron chi connectivity index (χ2n) is 8.14. The molecule has 3 rings (SSSR count). The van der Waals surface area contributed by atoms with E-state index in [2.05, 4.69) is 0 Å². The van der Waals surface area contributed by atoms with E-state index in [1.807, 2.05) is 0 Å². The van der Waals surface area contributed by atoms with Gasteiger partial charge >= 0.3 is 11.9 Å². The van der Waals surface area contributed by atoms with E-state index < -0.39 is 73.9 Å². The van der Waals surface area contributed by atoms with Gasteiger partial charge in [-0.3, -0.25) is 9.59 Å². The monoisotopic (exact) mass is 560 g/mol. The van der Waals surface area contributed by atoms with Crippen molar-refractivity contribution in [3.8, 4) is 0 Å². The molecule has 0 heterocycles. The van der Waals surface area contributed by atoms with Crippen molar-refractivity contribution in [2.24, 2.45) is 0 Å². The van der Waals surface area contributed by atoms with Crippen LogP contribution in [0.1, 0.15) is 25.0 Å². The number of benzene rings is 2. The molecule has 200 valence electrons. The number of ketones is 2. The third-order valence-electron chi connectivity index (χ3n) is 5.48. The Morgan fingerprint density at radius 2 is 0.895 bits per heavy atom. The summed E-state index contributed by atoms with van der Waals surface area (Å²) in [5.74, 6) is -6.40. The zero-order valence-corrected chi connectivity index (χ0v) is 22.6. The lowest BCUT2D eigenvalue weighted by atomic mass is 9.96. The number of hydrogen-bond acceptors (Lipinski definition) is 10. The number of sulfone groups is 2. The third-order valence-corrected chi connectivity index (χ3v) is 9.12. The number of aryl methyl sites for hydroxylation is 2. The van der Waals surface area contributed by atoms with E-state index in [4.69, 9.17) is 9.47 Å². The van der Waals surface area contributed by atoms with Gasteiger partial charge in [-0.1, -0.05) is 35.4 Å². The first-order valence-corrected chi connectivity index (χ1v) is 14.3. The molecule has 0 unspecified atom stereocenters. The van der Waals surface area contributed by atoms with Gasteiger partial charge in [-0.2, -0.15) is 0 Å². The molecule has 38 heavy (non-hydrogen) atoms. The van der Waals surface area contributed by atoms with Gasteiger partial charge in [0, 0.05) is 0 Å². The molecule has 0 saturated carbocycles. The van der Waals surface area contributed by atoms with Gasteiger partial charge in [-0.15, -0.1) is 0 Å². The Morgan fingerprint density at radius 3 is 1.16 bits per heavy atom. The highest BCUT2D eigenvalue weighted by atomic mass is 32.2. The summed E-state index contributed by atoms with van der Waals surface area (Å²) in [5, 5.41) is 0. The first-order chi connectivity index (χ1) is 17.8. The van der Waals surface area contributed by atoms with Crippen LogP contribution in [0.2, 0.25) is 0 Å². The Morgan fingerprint density at radius 1 is 0.605 bits per heavy atom. The third kappa shape index (κ3) is 5.09. The summed E-state index contributed by atoms with van der Waals surface area (Å²) < 4.78 is 64.1. The van der Waals surface area contributed by atoms with Crippen LogP contribution in [0, 0.1) is 13.8 Å². The van der Waals surface area contributed by atoms with E-state index in [1.54, 1.807) is 13.8 Å². The SMILES string of the molecule is CCOC(=O)C1=C(S(=O)(=O)c2ccc(C)cc2)C(=O)C(C(=O)OCC)=C(S(=O)(=O)c2ccc(C)cc2)C1=O. The van der Waals surface area contributed by atoms with E-state index in [-0.39, 0.29) is 13.2 Å². The van der Waals surface area contributed by atoms with Gasteiger partial charge in [-0.05, 0) is 52.0 Å². The predicted octanol–water partition coefficient (Wildman–Crippen LogP) is 2.34. The zero-order chi connectivity index (χ0) is 28.4. The average Bonchev–Trinajstić information content (AvgIpc) is 2.85. The molecule has 0 aliphatic heterocycles. The van der Waals surface area contributed by atoms with E-state index in [1.165, 1.54) is 38.1 Å². The van der Waals surface area contributed by atoms with Gasteiger partial charge in [0.25, 0.3) is 0 Å². The fourth-order valence-electron chi connectivity index (χ4n) is 3.62. The summed E-state index contributed by atoms with van der Waals surface area (Å²) in [5.41, 5.74) is -1.27. The fraction of sp³-hybridized carbons (Fsp3) is 0.231. The molecule has 0 fully saturated rings. The summed E-state index contributed by atoms with van der Waals surface area (Å²) in [6, 6.07) is 10.2. The van der Waals surface area contributed by atoms with Crippen molar-refractivity contribution in [2.75, 3.05) is 13.2 Å². The number of rotatable bonds is 8. The standard InChI is InChI=1S/C26H24O10S2/c1-5-35-25(29)19-21(27)24(38(33,34)18-13-9-16(4)10-14-18)20(26(30)36-6-2)22(28)23(19)37(31,32)17-11-7-15(3)8-12-17/h7-14H,5-6H2,1-4H3. The van der Waals surface area contributed by atoms with Crippen molar-refractivity contribution in [3.05, 3.63) is 80.6 Å². The molecule has 0 bridgehead atoms. The minimum Gasteiger partial charge on any atom is -0.462 e. The lowest BCUT2D eigenvalue weighted by molar-refractivity contribution is -0.142. The number of carbonyl (C=O) groups excluding carboxylic acids is 4. The first kappa shape index (κ1) is 28.7. The summed E-state index contributed by atoms with van der Waals surface area (Å²) in [4.78, 5) is 49.6. The summed E-state index contributed by atoms with van der Waals surface area (Å²) in [7, 11) is -9.84. The van der Waals surface area contributed by atoms with Crippen LogP contribution in [-0.2, 0) is 48.3 Å². The average molecular weight is 561 g/mol. The lowest BCUT2D eigenvalue weighted by Gasteiger charge is -2.22. The second kappa shape index (κ2) is 10.8. The topological polar surface area (TPSA) is 155 Å². The van der Waals surface area contributed by atoms with Crippen LogP contribution in [0.4, 0.5) is 0 Å². The molecule has 2 aromatic carbocycles. The molecule has 0 aromatic heterocycles. The van der Waals surface area contributed by atoms with E-state index in [0.29, 0.717) is 11.1 Å². The van der Waals surface area contributed by atoms with Crippen LogP contribution in [0.3, 0.4) is 0 Å². The van der Waals surface area contributed by atoms with E-state index >= 15 is 0 Å². The molecule has 0 radical (unpaired) electrons. The number of ether oxygens (including phenoxy) is 2. The van der Waals surface area contributed by atoms with Crippen molar-refractivity contribution in [1.82, 2.24) is 0 Å². The Hall–Kier alpha value is -3.90. The van der Waals surface area contributed by atoms with Gasteiger partial charge in [0.15, 0.2) is 0 Å². The highest BCUT2D eigenvalue weighted by molar-refractivity contribution is 7.97. The van der Waals surface area contributed by atoms with Crippen LogP contribution in [0.15, 0.2) is 79.3 Å². The molecular formula is C26H24O10S2. The maximum absolute atomic E-state index is 13.7. The van der Waals surface area contributed by atoms with Gasteiger partial charge in [0.1, 0.15) is 21.0 Å². The summed E-state index contributed by atoms with van der Waals surface area (Å²) >= 11 is 0. The van der Waals surface area contributed by atoms with Gasteiger partial charge in [0.05, 0.1) is 23.0 Å². The van der Waals surface area contributed by atoms with Gasteiger partial charge in [0.2, 0.25) is 31.2 Å². The van der Waals surface area contributed by atoms with Crippen molar-refractivity contribution in [1.29, 1.82) is 0 Å². The lowest BCUT2D eigenvalue weighted by Crippen LogP contribution is -2.37. The van der Waals surface area contributed by atoms with Crippen LogP contribution >= 0.6 is 0 Å². The zero-order valence-electron chi connectivity index (χ0n) is 20.9. The Kier molecular flexibility index (Phi) is 8.18. The molecule has 0 N–H and O–H groups in total. The van der Waals surface area contributed by atoms with Crippen molar-refractivity contribution in [3.63, 3.8) is 0 Å². The number of hydrogen-bond donors (Lipinski definition) is 0.